The maximum atomic E-state index is 12.3. The van der Waals surface area contributed by atoms with Gasteiger partial charge in [-0.2, -0.15) is 0 Å². The van der Waals surface area contributed by atoms with E-state index in [9.17, 15) is 9.59 Å². The third-order valence-electron chi connectivity index (χ3n) is 4.75. The van der Waals surface area contributed by atoms with Crippen molar-refractivity contribution in [2.45, 2.75) is 45.8 Å². The van der Waals surface area contributed by atoms with Gasteiger partial charge in [-0.25, -0.2) is 9.59 Å². The van der Waals surface area contributed by atoms with Crippen molar-refractivity contribution in [2.24, 2.45) is 5.92 Å². The van der Waals surface area contributed by atoms with E-state index in [1.165, 1.54) is 0 Å². The van der Waals surface area contributed by atoms with E-state index < -0.39 is 5.60 Å². The van der Waals surface area contributed by atoms with E-state index in [0.717, 1.165) is 24.2 Å². The molecule has 1 aromatic carbocycles. The van der Waals surface area contributed by atoms with Gasteiger partial charge in [-0.05, 0) is 57.2 Å². The molecule has 1 aromatic rings. The van der Waals surface area contributed by atoms with Crippen molar-refractivity contribution >= 4 is 12.1 Å². The van der Waals surface area contributed by atoms with Gasteiger partial charge in [0.25, 0.3) is 0 Å². The van der Waals surface area contributed by atoms with Gasteiger partial charge in [0, 0.05) is 33.2 Å². The van der Waals surface area contributed by atoms with Crippen LogP contribution >= 0.6 is 0 Å². The van der Waals surface area contributed by atoms with Crippen LogP contribution in [0, 0.1) is 5.92 Å². The fourth-order valence-corrected chi connectivity index (χ4v) is 3.15. The maximum absolute atomic E-state index is 12.3. The Morgan fingerprint density at radius 2 is 1.79 bits per heavy atom. The summed E-state index contributed by atoms with van der Waals surface area (Å²) in [5.41, 5.74) is 0.545. The topological polar surface area (TPSA) is 71.1 Å². The minimum absolute atomic E-state index is 0.0922. The first-order valence-electron chi connectivity index (χ1n) is 9.78. The number of amides is 3. The van der Waals surface area contributed by atoms with Crippen LogP contribution in [-0.4, -0.2) is 61.3 Å². The molecule has 1 heterocycles. The summed E-state index contributed by atoms with van der Waals surface area (Å²) in [6, 6.07) is 7.54. The lowest BCUT2D eigenvalue weighted by Gasteiger charge is -2.34. The molecule has 1 aliphatic heterocycles. The molecule has 0 saturated carbocycles. The van der Waals surface area contributed by atoms with Gasteiger partial charge in [-0.3, -0.25) is 0 Å². The fourth-order valence-electron chi connectivity index (χ4n) is 3.15. The SMILES string of the molecule is COc1ccc(CNC(=O)N(C)CC2CCN(C(=O)OC(C)(C)C)CC2)cc1. The summed E-state index contributed by atoms with van der Waals surface area (Å²) in [4.78, 5) is 28.0. The number of hydrogen-bond donors (Lipinski definition) is 1. The third-order valence-corrected chi connectivity index (χ3v) is 4.75. The van der Waals surface area contributed by atoms with Gasteiger partial charge in [-0.15, -0.1) is 0 Å². The molecule has 1 N–H and O–H groups in total. The number of likely N-dealkylation sites (tertiary alicyclic amines) is 1. The van der Waals surface area contributed by atoms with Crippen molar-refractivity contribution in [3.05, 3.63) is 29.8 Å². The number of nitrogens with zero attached hydrogens (tertiary/aromatic N) is 2. The summed E-state index contributed by atoms with van der Waals surface area (Å²) < 4.78 is 10.6. The zero-order valence-corrected chi connectivity index (χ0v) is 17.7. The van der Waals surface area contributed by atoms with Gasteiger partial charge in [0.15, 0.2) is 0 Å². The minimum atomic E-state index is -0.476. The zero-order valence-electron chi connectivity index (χ0n) is 17.7. The van der Waals surface area contributed by atoms with Gasteiger partial charge < -0.3 is 24.6 Å². The molecule has 0 atom stereocenters. The molecule has 7 nitrogen and oxygen atoms in total. The Kier molecular flexibility index (Phi) is 7.54. The van der Waals surface area contributed by atoms with E-state index in [1.807, 2.05) is 52.1 Å². The summed E-state index contributed by atoms with van der Waals surface area (Å²) in [5.74, 6) is 1.18. The van der Waals surface area contributed by atoms with Crippen LogP contribution in [0.5, 0.6) is 5.75 Å². The van der Waals surface area contributed by atoms with Crippen molar-refractivity contribution in [3.63, 3.8) is 0 Å². The first kappa shape index (κ1) is 21.9. The number of hydrogen-bond acceptors (Lipinski definition) is 4. The molecular formula is C21H33N3O4. The summed E-state index contributed by atoms with van der Waals surface area (Å²) >= 11 is 0. The van der Waals surface area contributed by atoms with Gasteiger partial charge in [0.1, 0.15) is 11.4 Å². The Balaban J connectivity index is 1.71. The number of methoxy groups -OCH3 is 1. The number of rotatable bonds is 5. The van der Waals surface area contributed by atoms with Crippen LogP contribution in [0.3, 0.4) is 0 Å². The molecule has 3 amide bonds. The van der Waals surface area contributed by atoms with Crippen molar-refractivity contribution in [3.8, 4) is 5.75 Å². The van der Waals surface area contributed by atoms with Crippen LogP contribution in [0.1, 0.15) is 39.2 Å². The van der Waals surface area contributed by atoms with Crippen LogP contribution in [0.2, 0.25) is 0 Å². The second-order valence-corrected chi connectivity index (χ2v) is 8.30. The molecule has 0 aromatic heterocycles. The Morgan fingerprint density at radius 1 is 1.18 bits per heavy atom. The number of ether oxygens (including phenoxy) is 2. The summed E-state index contributed by atoms with van der Waals surface area (Å²) in [6.45, 7) is 8.11. The highest BCUT2D eigenvalue weighted by Gasteiger charge is 2.27. The highest BCUT2D eigenvalue weighted by molar-refractivity contribution is 5.73. The van der Waals surface area contributed by atoms with Crippen molar-refractivity contribution in [1.82, 2.24) is 15.1 Å². The van der Waals surface area contributed by atoms with Gasteiger partial charge in [0.05, 0.1) is 7.11 Å². The standard InChI is InChI=1S/C21H33N3O4/c1-21(2,3)28-20(26)24-12-10-17(11-13-24)15-23(4)19(25)22-14-16-6-8-18(27-5)9-7-16/h6-9,17H,10-15H2,1-5H3,(H,22,25). The van der Waals surface area contributed by atoms with Crippen molar-refractivity contribution in [2.75, 3.05) is 33.8 Å². The molecule has 0 bridgehead atoms. The highest BCUT2D eigenvalue weighted by atomic mass is 16.6. The summed E-state index contributed by atoms with van der Waals surface area (Å²) in [7, 11) is 3.44. The number of carbonyl (C=O) groups excluding carboxylic acids is 2. The van der Waals surface area contributed by atoms with Crippen LogP contribution in [0.15, 0.2) is 24.3 Å². The smallest absolute Gasteiger partial charge is 0.410 e. The van der Waals surface area contributed by atoms with Gasteiger partial charge in [0.2, 0.25) is 0 Å². The van der Waals surface area contributed by atoms with E-state index >= 15 is 0 Å². The highest BCUT2D eigenvalue weighted by Crippen LogP contribution is 2.20. The van der Waals surface area contributed by atoms with Crippen LogP contribution < -0.4 is 10.1 Å². The predicted molar refractivity (Wildman–Crippen MR) is 108 cm³/mol. The molecule has 0 aliphatic carbocycles. The normalized spacial score (nSPS) is 15.1. The van der Waals surface area contributed by atoms with E-state index in [4.69, 9.17) is 9.47 Å². The summed E-state index contributed by atoms with van der Waals surface area (Å²) in [6.07, 6.45) is 1.49. The first-order valence-corrected chi connectivity index (χ1v) is 9.78. The second kappa shape index (κ2) is 9.66. The predicted octanol–water partition coefficient (Wildman–Crippen LogP) is 3.48. The quantitative estimate of drug-likeness (QED) is 0.834. The van der Waals surface area contributed by atoms with Crippen LogP contribution in [0.25, 0.3) is 0 Å². The molecule has 1 fully saturated rings. The Bertz CT molecular complexity index is 647. The van der Waals surface area contributed by atoms with Gasteiger partial charge >= 0.3 is 12.1 Å². The second-order valence-electron chi connectivity index (χ2n) is 8.30. The Morgan fingerprint density at radius 3 is 2.32 bits per heavy atom. The number of piperidine rings is 1. The van der Waals surface area contributed by atoms with Gasteiger partial charge in [-0.1, -0.05) is 12.1 Å². The molecule has 2 rings (SSSR count). The van der Waals surface area contributed by atoms with Crippen molar-refractivity contribution < 1.29 is 19.1 Å². The third kappa shape index (κ3) is 6.94. The minimum Gasteiger partial charge on any atom is -0.497 e. The lowest BCUT2D eigenvalue weighted by molar-refractivity contribution is 0.0176. The van der Waals surface area contributed by atoms with Crippen LogP contribution in [-0.2, 0) is 11.3 Å². The average molecular weight is 392 g/mol. The fraction of sp³-hybridized carbons (Fsp3) is 0.619. The molecule has 156 valence electrons. The van der Waals surface area contributed by atoms with Crippen molar-refractivity contribution in [1.29, 1.82) is 0 Å². The van der Waals surface area contributed by atoms with E-state index in [2.05, 4.69) is 5.32 Å². The molecule has 1 aliphatic rings. The molecule has 28 heavy (non-hydrogen) atoms. The lowest BCUT2D eigenvalue weighted by Crippen LogP contribution is -2.45. The number of urea groups is 1. The largest absolute Gasteiger partial charge is 0.497 e. The molecule has 0 spiro atoms. The molecule has 1 saturated heterocycles. The van der Waals surface area contributed by atoms with E-state index in [1.54, 1.807) is 16.9 Å². The van der Waals surface area contributed by atoms with Crippen LogP contribution in [0.4, 0.5) is 9.59 Å². The molecule has 0 radical (unpaired) electrons. The molecular weight excluding hydrogens is 358 g/mol. The average Bonchev–Trinajstić information content (AvgIpc) is 2.65. The zero-order chi connectivity index (χ0) is 20.7. The lowest BCUT2D eigenvalue weighted by atomic mass is 9.96. The van der Waals surface area contributed by atoms with E-state index in [-0.39, 0.29) is 12.1 Å². The number of nitrogens with one attached hydrogen (secondary N) is 1. The Labute approximate surface area is 168 Å². The molecule has 7 heteroatoms. The maximum Gasteiger partial charge on any atom is 0.410 e. The number of benzene rings is 1. The first-order chi connectivity index (χ1) is 13.2. The number of carbonyl (C=O) groups is 2. The summed E-state index contributed by atoms with van der Waals surface area (Å²) in [5, 5.41) is 2.94. The molecule has 0 unspecified atom stereocenters. The monoisotopic (exact) mass is 391 g/mol. The van der Waals surface area contributed by atoms with E-state index in [0.29, 0.717) is 32.1 Å². The Hall–Kier alpha value is -2.44.